The molecular formula is C14H22Cl2N2OS. The Morgan fingerprint density at radius 1 is 1.55 bits per heavy atom. The summed E-state index contributed by atoms with van der Waals surface area (Å²) < 4.78 is 0.788. The van der Waals surface area contributed by atoms with Crippen LogP contribution >= 0.6 is 35.3 Å². The predicted octanol–water partition coefficient (Wildman–Crippen LogP) is 3.56. The number of amides is 1. The van der Waals surface area contributed by atoms with Gasteiger partial charge in [0.2, 0.25) is 5.91 Å². The van der Waals surface area contributed by atoms with Gasteiger partial charge in [-0.25, -0.2) is 0 Å². The summed E-state index contributed by atoms with van der Waals surface area (Å²) in [6.07, 6.45) is 2.88. The summed E-state index contributed by atoms with van der Waals surface area (Å²) in [7, 11) is 0. The first-order valence-corrected chi connectivity index (χ1v) is 8.11. The number of thiophene rings is 1. The molecule has 1 atom stereocenters. The molecule has 1 aliphatic rings. The molecule has 1 aromatic heterocycles. The van der Waals surface area contributed by atoms with Gasteiger partial charge in [-0.15, -0.1) is 23.7 Å². The number of nitrogens with zero attached hydrogens (tertiary/aromatic N) is 1. The Labute approximate surface area is 136 Å². The van der Waals surface area contributed by atoms with Gasteiger partial charge in [0, 0.05) is 17.8 Å². The molecule has 6 heteroatoms. The molecule has 20 heavy (non-hydrogen) atoms. The van der Waals surface area contributed by atoms with E-state index in [1.807, 2.05) is 24.0 Å². The lowest BCUT2D eigenvalue weighted by Gasteiger charge is -2.21. The van der Waals surface area contributed by atoms with Crippen LogP contribution in [0.5, 0.6) is 0 Å². The lowest BCUT2D eigenvalue weighted by atomic mass is 10.0. The standard InChI is InChI=1S/C14H21ClN2OS.ClH/c1-2-17(10-12-4-5-13(15)19-12)14(18)6-3-11-7-8-16-9-11;/h4-5,11,16H,2-3,6-10H2,1H3;1H. The Bertz CT molecular complexity index is 419. The maximum absolute atomic E-state index is 12.2. The van der Waals surface area contributed by atoms with Crippen molar-refractivity contribution in [2.75, 3.05) is 19.6 Å². The fourth-order valence-electron chi connectivity index (χ4n) is 2.45. The van der Waals surface area contributed by atoms with Crippen molar-refractivity contribution in [2.45, 2.75) is 32.7 Å². The Morgan fingerprint density at radius 3 is 2.90 bits per heavy atom. The first-order chi connectivity index (χ1) is 9.19. The molecule has 0 aliphatic carbocycles. The molecule has 0 bridgehead atoms. The van der Waals surface area contributed by atoms with Crippen LogP contribution in [0.2, 0.25) is 4.34 Å². The molecule has 3 nitrogen and oxygen atoms in total. The molecule has 1 unspecified atom stereocenters. The van der Waals surface area contributed by atoms with E-state index in [1.54, 1.807) is 11.3 Å². The van der Waals surface area contributed by atoms with Crippen molar-refractivity contribution in [1.29, 1.82) is 0 Å². The molecule has 1 fully saturated rings. The highest BCUT2D eigenvalue weighted by Crippen LogP contribution is 2.23. The van der Waals surface area contributed by atoms with E-state index < -0.39 is 0 Å². The number of rotatable bonds is 6. The van der Waals surface area contributed by atoms with Gasteiger partial charge in [0.15, 0.2) is 0 Å². The summed E-state index contributed by atoms with van der Waals surface area (Å²) >= 11 is 7.48. The van der Waals surface area contributed by atoms with E-state index in [1.165, 1.54) is 6.42 Å². The minimum absolute atomic E-state index is 0. The van der Waals surface area contributed by atoms with Crippen LogP contribution < -0.4 is 5.32 Å². The Morgan fingerprint density at radius 2 is 2.35 bits per heavy atom. The first kappa shape index (κ1) is 17.8. The molecule has 0 spiro atoms. The largest absolute Gasteiger partial charge is 0.338 e. The van der Waals surface area contributed by atoms with Crippen molar-refractivity contribution in [1.82, 2.24) is 10.2 Å². The van der Waals surface area contributed by atoms with Crippen LogP contribution in [0.15, 0.2) is 12.1 Å². The summed E-state index contributed by atoms with van der Waals surface area (Å²) in [4.78, 5) is 15.3. The summed E-state index contributed by atoms with van der Waals surface area (Å²) in [5.41, 5.74) is 0. The molecule has 1 N–H and O–H groups in total. The van der Waals surface area contributed by atoms with Gasteiger partial charge in [0.1, 0.15) is 0 Å². The van der Waals surface area contributed by atoms with Crippen molar-refractivity contribution < 1.29 is 4.79 Å². The minimum Gasteiger partial charge on any atom is -0.338 e. The summed E-state index contributed by atoms with van der Waals surface area (Å²) in [6.45, 7) is 5.65. The van der Waals surface area contributed by atoms with Crippen LogP contribution in [0.25, 0.3) is 0 Å². The molecule has 1 aromatic rings. The molecule has 1 aliphatic heterocycles. The fourth-order valence-corrected chi connectivity index (χ4v) is 3.55. The molecule has 1 amide bonds. The number of carbonyl (C=O) groups is 1. The van der Waals surface area contributed by atoms with Gasteiger partial charge < -0.3 is 10.2 Å². The second kappa shape index (κ2) is 8.88. The zero-order chi connectivity index (χ0) is 13.7. The van der Waals surface area contributed by atoms with E-state index in [2.05, 4.69) is 5.32 Å². The number of carbonyl (C=O) groups excluding carboxylic acids is 1. The van der Waals surface area contributed by atoms with E-state index in [4.69, 9.17) is 11.6 Å². The van der Waals surface area contributed by atoms with Crippen LogP contribution in [0.1, 0.15) is 31.1 Å². The predicted molar refractivity (Wildman–Crippen MR) is 87.9 cm³/mol. The van der Waals surface area contributed by atoms with Crippen molar-refractivity contribution in [3.63, 3.8) is 0 Å². The summed E-state index contributed by atoms with van der Waals surface area (Å²) in [5.74, 6) is 0.942. The van der Waals surface area contributed by atoms with Gasteiger partial charge in [-0.2, -0.15) is 0 Å². The van der Waals surface area contributed by atoms with Crippen molar-refractivity contribution >= 4 is 41.3 Å². The topological polar surface area (TPSA) is 32.3 Å². The molecule has 0 radical (unpaired) electrons. The molecular weight excluding hydrogens is 315 g/mol. The highest BCUT2D eigenvalue weighted by molar-refractivity contribution is 7.16. The van der Waals surface area contributed by atoms with Gasteiger partial charge in [0.05, 0.1) is 10.9 Å². The van der Waals surface area contributed by atoms with Gasteiger partial charge in [-0.1, -0.05) is 11.6 Å². The normalized spacial score (nSPS) is 17.8. The Hall–Kier alpha value is -0.290. The van der Waals surface area contributed by atoms with Crippen LogP contribution in [-0.4, -0.2) is 30.4 Å². The molecule has 0 aromatic carbocycles. The van der Waals surface area contributed by atoms with Crippen molar-refractivity contribution in [3.8, 4) is 0 Å². The molecule has 2 rings (SSSR count). The zero-order valence-electron chi connectivity index (χ0n) is 11.7. The summed E-state index contributed by atoms with van der Waals surface area (Å²) in [6, 6.07) is 3.90. The number of halogens is 2. The highest BCUT2D eigenvalue weighted by Gasteiger charge is 2.18. The number of hydrogen-bond acceptors (Lipinski definition) is 3. The Balaban J connectivity index is 0.00000200. The second-order valence-electron chi connectivity index (χ2n) is 5.01. The van der Waals surface area contributed by atoms with Crippen LogP contribution in [0.3, 0.4) is 0 Å². The van der Waals surface area contributed by atoms with E-state index >= 15 is 0 Å². The van der Waals surface area contributed by atoms with Crippen molar-refractivity contribution in [2.24, 2.45) is 5.92 Å². The van der Waals surface area contributed by atoms with E-state index in [-0.39, 0.29) is 18.3 Å². The number of nitrogens with one attached hydrogen (secondary N) is 1. The first-order valence-electron chi connectivity index (χ1n) is 6.91. The van der Waals surface area contributed by atoms with Gasteiger partial charge in [0.25, 0.3) is 0 Å². The smallest absolute Gasteiger partial charge is 0.222 e. The number of hydrogen-bond donors (Lipinski definition) is 1. The van der Waals surface area contributed by atoms with E-state index in [0.717, 1.165) is 35.3 Å². The summed E-state index contributed by atoms with van der Waals surface area (Å²) in [5, 5.41) is 3.34. The Kier molecular flexibility index (Phi) is 7.88. The highest BCUT2D eigenvalue weighted by atomic mass is 35.5. The minimum atomic E-state index is 0. The maximum Gasteiger partial charge on any atom is 0.222 e. The average molecular weight is 337 g/mol. The average Bonchev–Trinajstić information content (AvgIpc) is 3.04. The van der Waals surface area contributed by atoms with Gasteiger partial charge in [-0.3, -0.25) is 4.79 Å². The van der Waals surface area contributed by atoms with E-state index in [9.17, 15) is 4.79 Å². The van der Waals surface area contributed by atoms with Gasteiger partial charge >= 0.3 is 0 Å². The second-order valence-corrected chi connectivity index (χ2v) is 6.81. The fraction of sp³-hybridized carbons (Fsp3) is 0.643. The third-order valence-corrected chi connectivity index (χ3v) is 4.85. The molecule has 2 heterocycles. The third kappa shape index (κ3) is 5.24. The quantitative estimate of drug-likeness (QED) is 0.861. The van der Waals surface area contributed by atoms with Crippen LogP contribution in [-0.2, 0) is 11.3 Å². The maximum atomic E-state index is 12.2. The zero-order valence-corrected chi connectivity index (χ0v) is 14.1. The van der Waals surface area contributed by atoms with Crippen LogP contribution in [0, 0.1) is 5.92 Å². The van der Waals surface area contributed by atoms with Crippen LogP contribution in [0.4, 0.5) is 0 Å². The lowest BCUT2D eigenvalue weighted by Crippen LogP contribution is -2.30. The monoisotopic (exact) mass is 336 g/mol. The molecule has 114 valence electrons. The lowest BCUT2D eigenvalue weighted by molar-refractivity contribution is -0.131. The van der Waals surface area contributed by atoms with E-state index in [0.29, 0.717) is 18.9 Å². The SMILES string of the molecule is CCN(Cc1ccc(Cl)s1)C(=O)CCC1CCNC1.Cl. The third-order valence-electron chi connectivity index (χ3n) is 3.64. The van der Waals surface area contributed by atoms with Crippen molar-refractivity contribution in [3.05, 3.63) is 21.3 Å². The molecule has 0 saturated carbocycles. The molecule has 1 saturated heterocycles. The van der Waals surface area contributed by atoms with Gasteiger partial charge in [-0.05, 0) is 50.9 Å².